The molecule has 0 bridgehead atoms. The first kappa shape index (κ1) is 19.7. The number of carbonyl (C=O) groups is 2. The van der Waals surface area contributed by atoms with E-state index in [1.54, 1.807) is 0 Å². The topological polar surface area (TPSA) is 53.1 Å². The summed E-state index contributed by atoms with van der Waals surface area (Å²) in [5.74, 6) is 0.962. The lowest BCUT2D eigenvalue weighted by molar-refractivity contribution is -0.148. The van der Waals surface area contributed by atoms with Crippen LogP contribution in [0.5, 0.6) is 5.75 Å². The quantitative estimate of drug-likeness (QED) is 0.794. The molecule has 0 saturated carbocycles. The van der Waals surface area contributed by atoms with Gasteiger partial charge in [-0.25, -0.2) is 0 Å². The molecule has 2 amide bonds. The second-order valence-corrected chi connectivity index (χ2v) is 7.40. The zero-order valence-corrected chi connectivity index (χ0v) is 16.7. The third-order valence-corrected chi connectivity index (χ3v) is 5.71. The van der Waals surface area contributed by atoms with E-state index in [0.29, 0.717) is 26.0 Å². The van der Waals surface area contributed by atoms with E-state index in [1.165, 1.54) is 0 Å². The van der Waals surface area contributed by atoms with Crippen LogP contribution in [0.2, 0.25) is 0 Å². The van der Waals surface area contributed by atoms with Gasteiger partial charge in [-0.2, -0.15) is 0 Å². The van der Waals surface area contributed by atoms with E-state index in [9.17, 15) is 9.59 Å². The van der Waals surface area contributed by atoms with Crippen molar-refractivity contribution in [3.63, 3.8) is 0 Å². The third kappa shape index (κ3) is 4.26. The summed E-state index contributed by atoms with van der Waals surface area (Å²) in [4.78, 5) is 32.0. The van der Waals surface area contributed by atoms with Crippen molar-refractivity contribution in [1.29, 1.82) is 0 Å². The largest absolute Gasteiger partial charge is 0.494 e. The van der Waals surface area contributed by atoms with Crippen LogP contribution in [0.3, 0.4) is 0 Å². The van der Waals surface area contributed by atoms with E-state index in [-0.39, 0.29) is 23.8 Å². The molecule has 0 N–H and O–H groups in total. The number of piperazine rings is 1. The van der Waals surface area contributed by atoms with Crippen LogP contribution in [-0.4, -0.2) is 72.9 Å². The Labute approximate surface area is 162 Å². The van der Waals surface area contributed by atoms with Crippen LogP contribution in [0.4, 0.5) is 0 Å². The molecule has 6 heteroatoms. The highest BCUT2D eigenvalue weighted by molar-refractivity contribution is 5.85. The van der Waals surface area contributed by atoms with Gasteiger partial charge in [-0.1, -0.05) is 12.1 Å². The monoisotopic (exact) mass is 373 g/mol. The van der Waals surface area contributed by atoms with Crippen LogP contribution in [0.15, 0.2) is 24.3 Å². The van der Waals surface area contributed by atoms with E-state index in [2.05, 4.69) is 11.9 Å². The fraction of sp³-hybridized carbons (Fsp3) is 0.619. The summed E-state index contributed by atoms with van der Waals surface area (Å²) in [5, 5.41) is 0. The van der Waals surface area contributed by atoms with Gasteiger partial charge in [0.25, 0.3) is 0 Å². The molecule has 3 rings (SSSR count). The van der Waals surface area contributed by atoms with Gasteiger partial charge in [0.1, 0.15) is 5.75 Å². The van der Waals surface area contributed by atoms with E-state index in [4.69, 9.17) is 4.74 Å². The zero-order chi connectivity index (χ0) is 19.4. The molecular formula is C21H31N3O3. The minimum absolute atomic E-state index is 0.138. The van der Waals surface area contributed by atoms with Crippen LogP contribution in [0.25, 0.3) is 0 Å². The fourth-order valence-corrected chi connectivity index (χ4v) is 4.19. The summed E-state index contributed by atoms with van der Waals surface area (Å²) >= 11 is 0. The molecule has 2 atom stereocenters. The Hall–Kier alpha value is -2.08. The molecule has 2 aliphatic rings. The van der Waals surface area contributed by atoms with E-state index in [0.717, 1.165) is 37.5 Å². The van der Waals surface area contributed by atoms with Crippen molar-refractivity contribution in [1.82, 2.24) is 14.7 Å². The van der Waals surface area contributed by atoms with E-state index < -0.39 is 0 Å². The molecule has 2 fully saturated rings. The Bertz CT molecular complexity index is 653. The number of likely N-dealkylation sites (tertiary alicyclic amines) is 1. The molecule has 0 radical (unpaired) electrons. The summed E-state index contributed by atoms with van der Waals surface area (Å²) in [6.07, 6.45) is 1.07. The van der Waals surface area contributed by atoms with Crippen LogP contribution >= 0.6 is 0 Å². The molecule has 2 aliphatic heterocycles. The molecular weight excluding hydrogens is 342 g/mol. The number of amides is 2. The zero-order valence-electron chi connectivity index (χ0n) is 16.7. The smallest absolute Gasteiger partial charge is 0.228 e. The molecule has 6 nitrogen and oxygen atoms in total. The van der Waals surface area contributed by atoms with E-state index >= 15 is 0 Å². The van der Waals surface area contributed by atoms with Crippen molar-refractivity contribution in [2.45, 2.75) is 32.7 Å². The normalized spacial score (nSPS) is 24.2. The van der Waals surface area contributed by atoms with Crippen molar-refractivity contribution in [3.8, 4) is 5.75 Å². The first-order valence-electron chi connectivity index (χ1n) is 10.0. The molecule has 148 valence electrons. The molecule has 0 unspecified atom stereocenters. The van der Waals surface area contributed by atoms with Gasteiger partial charge in [0.05, 0.1) is 18.6 Å². The number of likely N-dealkylation sites (N-methyl/N-ethyl adjacent to an activating group) is 1. The van der Waals surface area contributed by atoms with Gasteiger partial charge >= 0.3 is 0 Å². The highest BCUT2D eigenvalue weighted by Crippen LogP contribution is 2.38. The molecule has 1 aromatic carbocycles. The van der Waals surface area contributed by atoms with Gasteiger partial charge < -0.3 is 19.4 Å². The average Bonchev–Trinajstić information content (AvgIpc) is 2.68. The lowest BCUT2D eigenvalue weighted by atomic mass is 9.83. The third-order valence-electron chi connectivity index (χ3n) is 5.71. The first-order valence-corrected chi connectivity index (χ1v) is 10.0. The van der Waals surface area contributed by atoms with Gasteiger partial charge in [-0.15, -0.1) is 0 Å². The van der Waals surface area contributed by atoms with Gasteiger partial charge in [0, 0.05) is 39.1 Å². The van der Waals surface area contributed by atoms with Crippen molar-refractivity contribution in [2.75, 3.05) is 46.4 Å². The predicted octanol–water partition coefficient (Wildman–Crippen LogP) is 2.16. The van der Waals surface area contributed by atoms with Crippen molar-refractivity contribution < 1.29 is 14.3 Å². The SMILES string of the molecule is CCOc1ccc([C@H]2[C@H](C(=O)N3CCN(C)CC3)CCC(=O)N2CC)cc1. The van der Waals surface area contributed by atoms with Gasteiger partial charge in [0.15, 0.2) is 0 Å². The maximum atomic E-state index is 13.3. The van der Waals surface area contributed by atoms with Crippen molar-refractivity contribution in [3.05, 3.63) is 29.8 Å². The highest BCUT2D eigenvalue weighted by Gasteiger charge is 2.41. The Morgan fingerprint density at radius 2 is 1.78 bits per heavy atom. The minimum atomic E-state index is -0.195. The van der Waals surface area contributed by atoms with Gasteiger partial charge in [-0.3, -0.25) is 9.59 Å². The fourth-order valence-electron chi connectivity index (χ4n) is 4.19. The number of rotatable bonds is 5. The Balaban J connectivity index is 1.86. The minimum Gasteiger partial charge on any atom is -0.494 e. The average molecular weight is 373 g/mol. The van der Waals surface area contributed by atoms with Crippen LogP contribution < -0.4 is 4.74 Å². The second-order valence-electron chi connectivity index (χ2n) is 7.40. The van der Waals surface area contributed by atoms with Crippen molar-refractivity contribution >= 4 is 11.8 Å². The molecule has 2 heterocycles. The number of carbonyl (C=O) groups excluding carboxylic acids is 2. The van der Waals surface area contributed by atoms with Crippen LogP contribution in [0, 0.1) is 5.92 Å². The first-order chi connectivity index (χ1) is 13.0. The molecule has 1 aromatic rings. The number of nitrogens with zero attached hydrogens (tertiary/aromatic N) is 3. The highest BCUT2D eigenvalue weighted by atomic mass is 16.5. The Morgan fingerprint density at radius 3 is 2.37 bits per heavy atom. The van der Waals surface area contributed by atoms with Crippen molar-refractivity contribution in [2.24, 2.45) is 5.92 Å². The summed E-state index contributed by atoms with van der Waals surface area (Å²) in [7, 11) is 2.09. The molecule has 0 spiro atoms. The number of benzene rings is 1. The lowest BCUT2D eigenvalue weighted by Crippen LogP contribution is -2.53. The predicted molar refractivity (Wildman–Crippen MR) is 105 cm³/mol. The second kappa shape index (κ2) is 8.74. The lowest BCUT2D eigenvalue weighted by Gasteiger charge is -2.43. The Morgan fingerprint density at radius 1 is 1.11 bits per heavy atom. The standard InChI is InChI=1S/C21H31N3O3/c1-4-24-19(25)11-10-18(21(26)23-14-12-22(3)13-15-23)20(24)16-6-8-17(9-7-16)27-5-2/h6-9,18,20H,4-5,10-15H2,1-3H3/t18-,20+/m1/s1. The molecule has 0 aromatic heterocycles. The number of hydrogen-bond donors (Lipinski definition) is 0. The van der Waals surface area contributed by atoms with E-state index in [1.807, 2.05) is 47.9 Å². The molecule has 27 heavy (non-hydrogen) atoms. The number of ether oxygens (including phenoxy) is 1. The molecule has 2 saturated heterocycles. The van der Waals surface area contributed by atoms with Crippen LogP contribution in [0.1, 0.15) is 38.3 Å². The summed E-state index contributed by atoms with van der Waals surface area (Å²) in [6.45, 7) is 8.52. The maximum absolute atomic E-state index is 13.3. The maximum Gasteiger partial charge on any atom is 0.228 e. The molecule has 0 aliphatic carbocycles. The summed E-state index contributed by atoms with van der Waals surface area (Å²) < 4.78 is 5.54. The van der Waals surface area contributed by atoms with Gasteiger partial charge in [-0.05, 0) is 45.0 Å². The number of piperidine rings is 1. The van der Waals surface area contributed by atoms with Crippen LogP contribution in [-0.2, 0) is 9.59 Å². The summed E-state index contributed by atoms with van der Waals surface area (Å²) in [6, 6.07) is 7.67. The number of hydrogen-bond acceptors (Lipinski definition) is 4. The summed E-state index contributed by atoms with van der Waals surface area (Å²) in [5.41, 5.74) is 1.01. The van der Waals surface area contributed by atoms with Gasteiger partial charge in [0.2, 0.25) is 11.8 Å². The Kier molecular flexibility index (Phi) is 6.37.